The van der Waals surface area contributed by atoms with Crippen molar-refractivity contribution in [3.05, 3.63) is 63.4 Å². The molecule has 120 valence electrons. The molecule has 3 heterocycles. The van der Waals surface area contributed by atoms with Gasteiger partial charge >= 0.3 is 0 Å². The third-order valence-electron chi connectivity index (χ3n) is 4.03. The van der Waals surface area contributed by atoms with Crippen LogP contribution < -0.4 is 5.32 Å². The molecule has 1 aliphatic rings. The van der Waals surface area contributed by atoms with Crippen molar-refractivity contribution < 1.29 is 9.18 Å². The lowest BCUT2D eigenvalue weighted by atomic mass is 10.1. The number of nitrogens with one attached hydrogen (secondary N) is 1. The largest absolute Gasteiger partial charge is 0.306 e. The molecule has 0 aliphatic carbocycles. The summed E-state index contributed by atoms with van der Waals surface area (Å²) in [6.07, 6.45) is 0. The molecule has 1 N–H and O–H groups in total. The lowest BCUT2D eigenvalue weighted by Crippen LogP contribution is -2.29. The van der Waals surface area contributed by atoms with Crippen LogP contribution in [0.1, 0.15) is 32.1 Å². The molecule has 2 aromatic heterocycles. The fraction of sp³-hybridized carbons (Fsp3) is 0.167. The number of aliphatic imine (C=N–C) groups is 1. The van der Waals surface area contributed by atoms with E-state index in [-0.39, 0.29) is 11.7 Å². The van der Waals surface area contributed by atoms with Gasteiger partial charge in [0.05, 0.1) is 11.4 Å². The van der Waals surface area contributed by atoms with E-state index in [1.807, 2.05) is 6.92 Å². The van der Waals surface area contributed by atoms with Crippen molar-refractivity contribution in [3.63, 3.8) is 0 Å². The zero-order chi connectivity index (χ0) is 16.8. The van der Waals surface area contributed by atoms with Crippen LogP contribution in [-0.2, 0) is 6.54 Å². The number of benzene rings is 1. The third kappa shape index (κ3) is 2.39. The Kier molecular flexibility index (Phi) is 3.42. The summed E-state index contributed by atoms with van der Waals surface area (Å²) in [4.78, 5) is 23.3. The maximum absolute atomic E-state index is 13.0. The van der Waals surface area contributed by atoms with Gasteiger partial charge in [-0.05, 0) is 49.7 Å². The number of carbonyl (C=O) groups excluding carboxylic acids is 1. The number of rotatable bonds is 1. The van der Waals surface area contributed by atoms with Crippen LogP contribution in [0.4, 0.5) is 4.39 Å². The Labute approximate surface area is 142 Å². The molecule has 0 fully saturated rings. The van der Waals surface area contributed by atoms with E-state index in [0.29, 0.717) is 17.9 Å². The summed E-state index contributed by atoms with van der Waals surface area (Å²) in [5, 5.41) is 3.97. The Bertz CT molecular complexity index is 1010. The second-order valence-electron chi connectivity index (χ2n) is 5.80. The topological polar surface area (TPSA) is 54.4 Å². The van der Waals surface area contributed by atoms with Gasteiger partial charge in [0.15, 0.2) is 0 Å². The van der Waals surface area contributed by atoms with E-state index in [1.54, 1.807) is 11.3 Å². The van der Waals surface area contributed by atoms with E-state index in [2.05, 4.69) is 28.3 Å². The third-order valence-corrected chi connectivity index (χ3v) is 5.17. The molecule has 0 saturated heterocycles. The van der Waals surface area contributed by atoms with E-state index in [9.17, 15) is 9.18 Å². The van der Waals surface area contributed by atoms with E-state index in [4.69, 9.17) is 0 Å². The summed E-state index contributed by atoms with van der Waals surface area (Å²) < 4.78 is 13.0. The highest BCUT2D eigenvalue weighted by Crippen LogP contribution is 2.36. The molecule has 1 aromatic carbocycles. The van der Waals surface area contributed by atoms with Crippen molar-refractivity contribution in [2.24, 2.45) is 4.99 Å². The molecule has 0 saturated carbocycles. The Morgan fingerprint density at radius 2 is 2.00 bits per heavy atom. The van der Waals surface area contributed by atoms with E-state index < -0.39 is 0 Å². The number of carbonyl (C=O) groups is 1. The average Bonchev–Trinajstić information content (AvgIpc) is 3.07. The van der Waals surface area contributed by atoms with E-state index in [1.165, 1.54) is 29.8 Å². The van der Waals surface area contributed by atoms with Crippen molar-refractivity contribution >= 4 is 33.3 Å². The molecular formula is C18H14FN3OS. The number of nitrogens with zero attached hydrogens (tertiary/aromatic N) is 2. The standard InChI is InChI=1S/C18H14FN3OS/c1-9-7-10(2)21-18-14(9)13-8-20-16(15(13)24-18)22-17(23)11-3-5-12(19)6-4-11/h3-7H,8H2,1-2H3,(H,20,22,23). The van der Waals surface area contributed by atoms with Gasteiger partial charge in [-0.15, -0.1) is 11.3 Å². The fourth-order valence-corrected chi connectivity index (χ4v) is 4.24. The maximum atomic E-state index is 13.0. The van der Waals surface area contributed by atoms with Crippen LogP contribution in [0.15, 0.2) is 35.3 Å². The molecule has 0 bridgehead atoms. The number of hydrogen-bond donors (Lipinski definition) is 1. The number of amides is 1. The minimum Gasteiger partial charge on any atom is -0.306 e. The van der Waals surface area contributed by atoms with Crippen molar-refractivity contribution in [3.8, 4) is 0 Å². The lowest BCUT2D eigenvalue weighted by molar-refractivity contribution is 0.0977. The van der Waals surface area contributed by atoms with Crippen LogP contribution in [0.5, 0.6) is 0 Å². The summed E-state index contributed by atoms with van der Waals surface area (Å²) in [5.41, 5.74) is 3.68. The summed E-state index contributed by atoms with van der Waals surface area (Å²) in [6, 6.07) is 7.52. The highest BCUT2D eigenvalue weighted by atomic mass is 32.1. The predicted molar refractivity (Wildman–Crippen MR) is 93.2 cm³/mol. The van der Waals surface area contributed by atoms with Gasteiger partial charge < -0.3 is 5.32 Å². The van der Waals surface area contributed by atoms with Crippen molar-refractivity contribution in [1.29, 1.82) is 0 Å². The molecule has 1 amide bonds. The van der Waals surface area contributed by atoms with Crippen LogP contribution in [0, 0.1) is 19.7 Å². The molecule has 0 radical (unpaired) electrons. The molecule has 1 aliphatic heterocycles. The minimum atomic E-state index is -0.367. The Morgan fingerprint density at radius 3 is 2.75 bits per heavy atom. The predicted octanol–water partition coefficient (Wildman–Crippen LogP) is 3.74. The SMILES string of the molecule is Cc1cc(C)c2c3c(sc2n1)C(NC(=O)c1ccc(F)cc1)=NC3. The average molecular weight is 339 g/mol. The fourth-order valence-electron chi connectivity index (χ4n) is 2.96. The lowest BCUT2D eigenvalue weighted by Gasteiger charge is -2.04. The van der Waals surface area contributed by atoms with Crippen molar-refractivity contribution in [1.82, 2.24) is 10.3 Å². The molecule has 0 unspecified atom stereocenters. The first-order valence-electron chi connectivity index (χ1n) is 7.54. The van der Waals surface area contributed by atoms with Crippen molar-refractivity contribution in [2.45, 2.75) is 20.4 Å². The number of hydrogen-bond acceptors (Lipinski definition) is 4. The highest BCUT2D eigenvalue weighted by Gasteiger charge is 2.25. The second-order valence-corrected chi connectivity index (χ2v) is 6.80. The van der Waals surface area contributed by atoms with Crippen LogP contribution in [-0.4, -0.2) is 16.7 Å². The summed E-state index contributed by atoms with van der Waals surface area (Å²) in [7, 11) is 0. The minimum absolute atomic E-state index is 0.292. The number of pyridine rings is 1. The zero-order valence-corrected chi connectivity index (χ0v) is 14.0. The van der Waals surface area contributed by atoms with Gasteiger partial charge in [-0.1, -0.05) is 0 Å². The van der Waals surface area contributed by atoms with Crippen LogP contribution in [0.25, 0.3) is 10.2 Å². The molecule has 0 atom stereocenters. The van der Waals surface area contributed by atoms with Gasteiger partial charge in [0.1, 0.15) is 16.5 Å². The zero-order valence-electron chi connectivity index (χ0n) is 13.2. The van der Waals surface area contributed by atoms with E-state index in [0.717, 1.165) is 26.4 Å². The summed E-state index contributed by atoms with van der Waals surface area (Å²) in [5.74, 6) is -0.0900. The normalized spacial score (nSPS) is 13.0. The highest BCUT2D eigenvalue weighted by molar-refractivity contribution is 7.20. The first-order chi connectivity index (χ1) is 11.5. The number of halogens is 1. The molecular weight excluding hydrogens is 325 g/mol. The van der Waals surface area contributed by atoms with Crippen LogP contribution in [0.2, 0.25) is 0 Å². The molecule has 6 heteroatoms. The quantitative estimate of drug-likeness (QED) is 0.734. The summed E-state index contributed by atoms with van der Waals surface area (Å²) >= 11 is 1.55. The number of amidine groups is 1. The van der Waals surface area contributed by atoms with Gasteiger partial charge in [-0.3, -0.25) is 9.79 Å². The van der Waals surface area contributed by atoms with Gasteiger partial charge in [0.25, 0.3) is 5.91 Å². The first kappa shape index (κ1) is 15.0. The number of aromatic nitrogens is 1. The van der Waals surface area contributed by atoms with E-state index >= 15 is 0 Å². The monoisotopic (exact) mass is 339 g/mol. The molecule has 4 nitrogen and oxygen atoms in total. The molecule has 3 aromatic rings. The van der Waals surface area contributed by atoms with Gasteiger partial charge in [-0.25, -0.2) is 9.37 Å². The molecule has 0 spiro atoms. The van der Waals surface area contributed by atoms with Crippen molar-refractivity contribution in [2.75, 3.05) is 0 Å². The smallest absolute Gasteiger partial charge is 0.256 e. The summed E-state index contributed by atoms with van der Waals surface area (Å²) in [6.45, 7) is 4.58. The Hall–Kier alpha value is -2.60. The number of aryl methyl sites for hydroxylation is 2. The first-order valence-corrected chi connectivity index (χ1v) is 8.36. The Balaban J connectivity index is 1.67. The number of fused-ring (bicyclic) bond motifs is 3. The van der Waals surface area contributed by atoms with Gasteiger partial charge in [-0.2, -0.15) is 0 Å². The molecule has 24 heavy (non-hydrogen) atoms. The second kappa shape index (κ2) is 5.49. The van der Waals surface area contributed by atoms with Gasteiger partial charge in [0, 0.05) is 22.2 Å². The van der Waals surface area contributed by atoms with Crippen LogP contribution >= 0.6 is 11.3 Å². The number of thiophene rings is 1. The van der Waals surface area contributed by atoms with Gasteiger partial charge in [0.2, 0.25) is 0 Å². The van der Waals surface area contributed by atoms with Crippen LogP contribution in [0.3, 0.4) is 0 Å². The maximum Gasteiger partial charge on any atom is 0.256 e. The molecule has 4 rings (SSSR count). The Morgan fingerprint density at radius 1 is 1.25 bits per heavy atom.